The summed E-state index contributed by atoms with van der Waals surface area (Å²) >= 11 is 0. The number of halogens is 2. The van der Waals surface area contributed by atoms with E-state index in [1.54, 1.807) is 20.8 Å². The molecular weight excluding hydrogens is 348 g/mol. The molecule has 7 nitrogen and oxygen atoms in total. The maximum absolute atomic E-state index is 12.6. The molecule has 1 N–H and O–H groups in total. The fraction of sp³-hybridized carbons (Fsp3) is 0.588. The molecule has 1 saturated carbocycles. The highest BCUT2D eigenvalue weighted by atomic mass is 19.3. The van der Waals surface area contributed by atoms with Crippen molar-refractivity contribution in [1.29, 1.82) is 0 Å². The quantitative estimate of drug-likeness (QED) is 0.882. The number of aromatic nitrogens is 1. The Morgan fingerprint density at radius 1 is 1.31 bits per heavy atom. The first-order valence-corrected chi connectivity index (χ1v) is 8.38. The fourth-order valence-corrected chi connectivity index (χ4v) is 3.12. The normalized spacial score (nSPS) is 24.2. The van der Waals surface area contributed by atoms with Crippen molar-refractivity contribution in [3.8, 4) is 5.88 Å². The molecule has 2 aliphatic rings. The Kier molecular flexibility index (Phi) is 4.72. The second kappa shape index (κ2) is 6.69. The van der Waals surface area contributed by atoms with Crippen LogP contribution in [0.4, 0.5) is 19.4 Å². The van der Waals surface area contributed by atoms with Gasteiger partial charge in [0.05, 0.1) is 0 Å². The standard InChI is InChI=1S/C17H21F2N3O4/c1-17(2,3)26-16(24)22-10-7-9(10)8-11(22)14(23)21-12-5-4-6-13(20-12)25-15(18)19/h4-6,9-11,15H,7-8H2,1-3H3,(H,20,21,23)/t9-,10-,11-/m1/s1. The summed E-state index contributed by atoms with van der Waals surface area (Å²) in [6.45, 7) is 2.29. The molecular formula is C17H21F2N3O4. The van der Waals surface area contributed by atoms with Gasteiger partial charge in [-0.25, -0.2) is 4.79 Å². The molecule has 0 aromatic carbocycles. The number of anilines is 1. The first-order chi connectivity index (χ1) is 12.1. The van der Waals surface area contributed by atoms with Crippen molar-refractivity contribution in [2.75, 3.05) is 5.32 Å². The van der Waals surface area contributed by atoms with Crippen molar-refractivity contribution in [3.05, 3.63) is 18.2 Å². The number of piperidine rings is 1. The van der Waals surface area contributed by atoms with Crippen molar-refractivity contribution >= 4 is 17.8 Å². The number of pyridine rings is 1. The molecule has 9 heteroatoms. The molecule has 0 unspecified atom stereocenters. The smallest absolute Gasteiger partial charge is 0.411 e. The van der Waals surface area contributed by atoms with Crippen LogP contribution in [0.2, 0.25) is 0 Å². The van der Waals surface area contributed by atoms with Gasteiger partial charge in [-0.1, -0.05) is 6.07 Å². The molecule has 0 bridgehead atoms. The molecule has 3 rings (SSSR count). The van der Waals surface area contributed by atoms with Crippen LogP contribution in [0.15, 0.2) is 18.2 Å². The number of carbonyl (C=O) groups excluding carboxylic acids is 2. The topological polar surface area (TPSA) is 80.8 Å². The third-order valence-electron chi connectivity index (χ3n) is 4.20. The monoisotopic (exact) mass is 369 g/mol. The van der Waals surface area contributed by atoms with Crippen molar-refractivity contribution in [3.63, 3.8) is 0 Å². The highest BCUT2D eigenvalue weighted by Gasteiger charge is 2.57. The molecule has 2 amide bonds. The van der Waals surface area contributed by atoms with Crippen molar-refractivity contribution in [2.45, 2.75) is 57.9 Å². The van der Waals surface area contributed by atoms with Gasteiger partial charge >= 0.3 is 12.7 Å². The summed E-state index contributed by atoms with van der Waals surface area (Å²) < 4.78 is 34.2. The number of rotatable bonds is 4. The number of amides is 2. The number of ether oxygens (including phenoxy) is 2. The molecule has 1 aromatic heterocycles. The predicted octanol–water partition coefficient (Wildman–Crippen LogP) is 3.02. The lowest BCUT2D eigenvalue weighted by molar-refractivity contribution is -0.121. The Balaban J connectivity index is 1.68. The molecule has 1 aliphatic heterocycles. The minimum atomic E-state index is -3.00. The molecule has 142 valence electrons. The SMILES string of the molecule is CC(C)(C)OC(=O)N1[C@@H](C(=O)Nc2cccc(OC(F)F)n2)C[C@H]2C[C@H]21. The van der Waals surface area contributed by atoms with Crippen LogP contribution in [-0.2, 0) is 9.53 Å². The van der Waals surface area contributed by atoms with Gasteiger partial charge in [0, 0.05) is 12.1 Å². The van der Waals surface area contributed by atoms with Crippen LogP contribution in [0, 0.1) is 5.92 Å². The molecule has 0 spiro atoms. The van der Waals surface area contributed by atoms with Crippen LogP contribution in [0.1, 0.15) is 33.6 Å². The van der Waals surface area contributed by atoms with E-state index >= 15 is 0 Å². The number of likely N-dealkylation sites (tertiary alicyclic amines) is 1. The molecule has 0 radical (unpaired) electrons. The maximum Gasteiger partial charge on any atom is 0.411 e. The number of carbonyl (C=O) groups is 2. The van der Waals surface area contributed by atoms with E-state index in [0.717, 1.165) is 6.42 Å². The van der Waals surface area contributed by atoms with Gasteiger partial charge in [0.15, 0.2) is 0 Å². The van der Waals surface area contributed by atoms with E-state index in [0.29, 0.717) is 12.3 Å². The van der Waals surface area contributed by atoms with Gasteiger partial charge < -0.3 is 14.8 Å². The molecule has 1 saturated heterocycles. The predicted molar refractivity (Wildman–Crippen MR) is 87.9 cm³/mol. The Bertz CT molecular complexity index is 707. The Hall–Kier alpha value is -2.45. The zero-order valence-corrected chi connectivity index (χ0v) is 14.7. The van der Waals surface area contributed by atoms with E-state index < -0.39 is 30.3 Å². The lowest BCUT2D eigenvalue weighted by Gasteiger charge is -2.29. The largest absolute Gasteiger partial charge is 0.444 e. The summed E-state index contributed by atoms with van der Waals surface area (Å²) in [4.78, 5) is 30.3. The van der Waals surface area contributed by atoms with Crippen LogP contribution in [0.25, 0.3) is 0 Å². The van der Waals surface area contributed by atoms with Gasteiger partial charge in [0.25, 0.3) is 0 Å². The number of fused-ring (bicyclic) bond motifs is 1. The van der Waals surface area contributed by atoms with Gasteiger partial charge in [0.2, 0.25) is 11.8 Å². The number of alkyl halides is 2. The van der Waals surface area contributed by atoms with E-state index in [4.69, 9.17) is 4.74 Å². The first-order valence-electron chi connectivity index (χ1n) is 8.38. The summed E-state index contributed by atoms with van der Waals surface area (Å²) in [7, 11) is 0. The molecule has 1 aromatic rings. The van der Waals surface area contributed by atoms with Gasteiger partial charge in [-0.15, -0.1) is 0 Å². The summed E-state index contributed by atoms with van der Waals surface area (Å²) in [5.41, 5.74) is -0.659. The van der Waals surface area contributed by atoms with Crippen LogP contribution in [-0.4, -0.2) is 46.2 Å². The van der Waals surface area contributed by atoms with Crippen LogP contribution in [0.3, 0.4) is 0 Å². The molecule has 2 fully saturated rings. The minimum Gasteiger partial charge on any atom is -0.444 e. The summed E-state index contributed by atoms with van der Waals surface area (Å²) in [5.74, 6) is -0.349. The number of nitrogens with zero attached hydrogens (tertiary/aromatic N) is 2. The number of hydrogen-bond acceptors (Lipinski definition) is 5. The van der Waals surface area contributed by atoms with Crippen molar-refractivity contribution in [2.24, 2.45) is 5.92 Å². The summed E-state index contributed by atoms with van der Waals surface area (Å²) in [6, 6.07) is 3.51. The highest BCUT2D eigenvalue weighted by Crippen LogP contribution is 2.48. The van der Waals surface area contributed by atoms with E-state index in [1.165, 1.54) is 23.1 Å². The highest BCUT2D eigenvalue weighted by molar-refractivity contribution is 5.96. The van der Waals surface area contributed by atoms with Gasteiger partial charge in [-0.3, -0.25) is 9.69 Å². The third kappa shape index (κ3) is 4.20. The van der Waals surface area contributed by atoms with E-state index in [1.807, 2.05) is 0 Å². The van der Waals surface area contributed by atoms with Gasteiger partial charge in [0.1, 0.15) is 17.5 Å². The Morgan fingerprint density at radius 2 is 2.04 bits per heavy atom. The van der Waals surface area contributed by atoms with E-state index in [-0.39, 0.29) is 17.7 Å². The minimum absolute atomic E-state index is 0.0158. The summed E-state index contributed by atoms with van der Waals surface area (Å²) in [5, 5.41) is 2.56. The van der Waals surface area contributed by atoms with Crippen LogP contribution >= 0.6 is 0 Å². The molecule has 1 aliphatic carbocycles. The fourth-order valence-electron chi connectivity index (χ4n) is 3.12. The van der Waals surface area contributed by atoms with Crippen LogP contribution < -0.4 is 10.1 Å². The average molecular weight is 369 g/mol. The Morgan fingerprint density at radius 3 is 2.69 bits per heavy atom. The zero-order chi connectivity index (χ0) is 19.1. The third-order valence-corrected chi connectivity index (χ3v) is 4.20. The average Bonchev–Trinajstić information content (AvgIpc) is 3.14. The molecule has 2 heterocycles. The lowest BCUT2D eigenvalue weighted by Crippen LogP contribution is -2.47. The van der Waals surface area contributed by atoms with Gasteiger partial charge in [-0.05, 0) is 45.6 Å². The maximum atomic E-state index is 12.6. The van der Waals surface area contributed by atoms with Crippen molar-refractivity contribution < 1.29 is 27.8 Å². The Labute approximate surface area is 149 Å². The van der Waals surface area contributed by atoms with Gasteiger partial charge in [-0.2, -0.15) is 13.8 Å². The second-order valence-corrected chi connectivity index (χ2v) is 7.43. The van der Waals surface area contributed by atoms with E-state index in [9.17, 15) is 18.4 Å². The molecule has 26 heavy (non-hydrogen) atoms. The van der Waals surface area contributed by atoms with Crippen molar-refractivity contribution in [1.82, 2.24) is 9.88 Å². The summed E-state index contributed by atoms with van der Waals surface area (Å²) in [6.07, 6.45) is 0.882. The second-order valence-electron chi connectivity index (χ2n) is 7.43. The van der Waals surface area contributed by atoms with E-state index in [2.05, 4.69) is 15.0 Å². The number of nitrogens with one attached hydrogen (secondary N) is 1. The zero-order valence-electron chi connectivity index (χ0n) is 14.7. The van der Waals surface area contributed by atoms with Crippen LogP contribution in [0.5, 0.6) is 5.88 Å². The number of hydrogen-bond donors (Lipinski definition) is 1. The molecule has 3 atom stereocenters. The lowest BCUT2D eigenvalue weighted by atomic mass is 10.1. The first kappa shape index (κ1) is 18.3.